The average molecular weight is 285 g/mol. The molecule has 1 aromatic carbocycles. The molecule has 0 spiro atoms. The Morgan fingerprint density at radius 1 is 1.53 bits per heavy atom. The summed E-state index contributed by atoms with van der Waals surface area (Å²) in [6, 6.07) is 4.22. The third kappa shape index (κ3) is 2.90. The van der Waals surface area contributed by atoms with Crippen molar-refractivity contribution in [2.24, 2.45) is 5.73 Å². The van der Waals surface area contributed by atoms with E-state index in [-0.39, 0.29) is 23.0 Å². The zero-order valence-electron chi connectivity index (χ0n) is 10.9. The van der Waals surface area contributed by atoms with Gasteiger partial charge in [-0.05, 0) is 30.5 Å². The highest BCUT2D eigenvalue weighted by Crippen LogP contribution is 2.32. The summed E-state index contributed by atoms with van der Waals surface area (Å²) in [7, 11) is 0. The molecule has 0 saturated carbocycles. The highest BCUT2D eigenvalue weighted by atomic mass is 35.5. The second-order valence-electron chi connectivity index (χ2n) is 4.91. The monoisotopic (exact) mass is 284 g/mol. The van der Waals surface area contributed by atoms with Gasteiger partial charge in [-0.25, -0.2) is 4.39 Å². The fraction of sp³-hybridized carbons (Fsp3) is 0.500. The van der Waals surface area contributed by atoms with Gasteiger partial charge in [-0.15, -0.1) is 0 Å². The topological polar surface area (TPSA) is 46.3 Å². The minimum atomic E-state index is -0.455. The number of nitrogens with zero attached hydrogens (tertiary/aromatic N) is 1. The van der Waals surface area contributed by atoms with Gasteiger partial charge in [-0.3, -0.25) is 4.79 Å². The van der Waals surface area contributed by atoms with Crippen molar-refractivity contribution in [2.75, 3.05) is 6.54 Å². The lowest BCUT2D eigenvalue weighted by Crippen LogP contribution is -2.49. The van der Waals surface area contributed by atoms with Crippen LogP contribution in [0.25, 0.3) is 0 Å². The molecule has 104 valence electrons. The molecular formula is C14H18ClFN2O. The lowest BCUT2D eigenvalue weighted by atomic mass is 9.90. The number of piperidine rings is 1. The maximum atomic E-state index is 13.2. The lowest BCUT2D eigenvalue weighted by molar-refractivity contribution is -0.137. The Balaban J connectivity index is 2.36. The van der Waals surface area contributed by atoms with Gasteiger partial charge in [-0.1, -0.05) is 24.6 Å². The molecule has 0 aromatic heterocycles. The Morgan fingerprint density at radius 2 is 2.26 bits per heavy atom. The second-order valence-corrected chi connectivity index (χ2v) is 5.32. The van der Waals surface area contributed by atoms with Gasteiger partial charge in [0.05, 0.1) is 11.1 Å². The van der Waals surface area contributed by atoms with Crippen LogP contribution in [0.4, 0.5) is 4.39 Å². The molecule has 2 atom stereocenters. The van der Waals surface area contributed by atoms with E-state index in [0.717, 1.165) is 12.0 Å². The van der Waals surface area contributed by atoms with Crippen LogP contribution >= 0.6 is 11.6 Å². The van der Waals surface area contributed by atoms with E-state index in [4.69, 9.17) is 17.3 Å². The summed E-state index contributed by atoms with van der Waals surface area (Å²) >= 11 is 5.82. The molecule has 1 aliphatic rings. The van der Waals surface area contributed by atoms with Crippen molar-refractivity contribution < 1.29 is 9.18 Å². The Kier molecular flexibility index (Phi) is 4.42. The molecule has 1 aromatic rings. The van der Waals surface area contributed by atoms with E-state index < -0.39 is 5.82 Å². The summed E-state index contributed by atoms with van der Waals surface area (Å²) < 4.78 is 13.2. The highest BCUT2D eigenvalue weighted by molar-refractivity contribution is 6.30. The van der Waals surface area contributed by atoms with E-state index >= 15 is 0 Å². The number of hydrogen-bond donors (Lipinski definition) is 1. The Hall–Kier alpha value is -1.13. The summed E-state index contributed by atoms with van der Waals surface area (Å²) in [6.45, 7) is 2.67. The number of carbonyl (C=O) groups is 1. The molecule has 0 aliphatic carbocycles. The number of benzene rings is 1. The van der Waals surface area contributed by atoms with Crippen molar-refractivity contribution in [3.05, 3.63) is 34.6 Å². The number of halogens is 2. The van der Waals surface area contributed by atoms with Crippen molar-refractivity contribution in [3.8, 4) is 0 Å². The van der Waals surface area contributed by atoms with Crippen molar-refractivity contribution in [3.63, 3.8) is 0 Å². The van der Waals surface area contributed by atoms with Gasteiger partial charge in [0.25, 0.3) is 0 Å². The molecule has 1 heterocycles. The first-order chi connectivity index (χ1) is 9.04. The number of amides is 1. The molecular weight excluding hydrogens is 267 g/mol. The number of nitrogens with two attached hydrogens (primary N) is 1. The van der Waals surface area contributed by atoms with Gasteiger partial charge in [0.15, 0.2) is 0 Å². The molecule has 2 rings (SSSR count). The molecule has 1 aliphatic heterocycles. The Morgan fingerprint density at radius 3 is 2.89 bits per heavy atom. The molecule has 1 amide bonds. The maximum Gasteiger partial charge on any atom is 0.223 e. The van der Waals surface area contributed by atoms with Crippen LogP contribution in [0.2, 0.25) is 5.02 Å². The SMILES string of the molecule is CCCN1C(=O)CCC(N)C1c1ccc(F)c(Cl)c1. The van der Waals surface area contributed by atoms with Crippen molar-refractivity contribution in [2.45, 2.75) is 38.3 Å². The summed E-state index contributed by atoms with van der Waals surface area (Å²) in [6.07, 6.45) is 2.00. The standard InChI is InChI=1S/C14H18ClFN2O/c1-2-7-18-13(19)6-5-12(17)14(18)9-3-4-11(16)10(15)8-9/h3-4,8,12,14H,2,5-7,17H2,1H3. The quantitative estimate of drug-likeness (QED) is 0.928. The molecule has 0 bridgehead atoms. The number of carbonyl (C=O) groups excluding carboxylic acids is 1. The number of likely N-dealkylation sites (tertiary alicyclic amines) is 1. The van der Waals surface area contributed by atoms with E-state index in [0.29, 0.717) is 19.4 Å². The largest absolute Gasteiger partial charge is 0.334 e. The van der Waals surface area contributed by atoms with Crippen molar-refractivity contribution >= 4 is 17.5 Å². The van der Waals surface area contributed by atoms with Crippen LogP contribution in [-0.2, 0) is 4.79 Å². The van der Waals surface area contributed by atoms with E-state index in [9.17, 15) is 9.18 Å². The second kappa shape index (κ2) is 5.88. The third-order valence-electron chi connectivity index (χ3n) is 3.50. The molecule has 1 fully saturated rings. The van der Waals surface area contributed by atoms with E-state index in [1.165, 1.54) is 6.07 Å². The summed E-state index contributed by atoms with van der Waals surface area (Å²) in [5.74, 6) is -0.350. The fourth-order valence-electron chi connectivity index (χ4n) is 2.61. The van der Waals surface area contributed by atoms with Crippen LogP contribution in [0.3, 0.4) is 0 Å². The smallest absolute Gasteiger partial charge is 0.223 e. The van der Waals surface area contributed by atoms with Gasteiger partial charge in [-0.2, -0.15) is 0 Å². The first-order valence-electron chi connectivity index (χ1n) is 6.54. The van der Waals surface area contributed by atoms with E-state index in [1.807, 2.05) is 6.92 Å². The van der Waals surface area contributed by atoms with Crippen molar-refractivity contribution in [1.29, 1.82) is 0 Å². The molecule has 1 saturated heterocycles. The van der Waals surface area contributed by atoms with E-state index in [1.54, 1.807) is 17.0 Å². The predicted molar refractivity (Wildman–Crippen MR) is 73.4 cm³/mol. The lowest BCUT2D eigenvalue weighted by Gasteiger charge is -2.40. The third-order valence-corrected chi connectivity index (χ3v) is 3.79. The van der Waals surface area contributed by atoms with E-state index in [2.05, 4.69) is 0 Å². The average Bonchev–Trinajstić information content (AvgIpc) is 2.38. The summed E-state index contributed by atoms with van der Waals surface area (Å²) in [5.41, 5.74) is 6.96. The molecule has 2 N–H and O–H groups in total. The summed E-state index contributed by atoms with van der Waals surface area (Å²) in [5, 5.41) is 0.0687. The van der Waals surface area contributed by atoms with Crippen LogP contribution in [0.15, 0.2) is 18.2 Å². The van der Waals surface area contributed by atoms with Crippen LogP contribution in [-0.4, -0.2) is 23.4 Å². The molecule has 5 heteroatoms. The number of hydrogen-bond acceptors (Lipinski definition) is 2. The maximum absolute atomic E-state index is 13.2. The molecule has 2 unspecified atom stereocenters. The van der Waals surface area contributed by atoms with Crippen LogP contribution in [0.5, 0.6) is 0 Å². The van der Waals surface area contributed by atoms with Crippen LogP contribution in [0.1, 0.15) is 37.8 Å². The normalized spacial score (nSPS) is 23.8. The fourth-order valence-corrected chi connectivity index (χ4v) is 2.80. The van der Waals surface area contributed by atoms with Crippen LogP contribution < -0.4 is 5.73 Å². The minimum absolute atomic E-state index is 0.0687. The van der Waals surface area contributed by atoms with Crippen LogP contribution in [0, 0.1) is 5.82 Å². The first kappa shape index (κ1) is 14.3. The van der Waals surface area contributed by atoms with Crippen molar-refractivity contribution in [1.82, 2.24) is 4.90 Å². The Labute approximate surface area is 117 Å². The summed E-state index contributed by atoms with van der Waals surface area (Å²) in [4.78, 5) is 13.8. The Bertz CT molecular complexity index is 481. The number of rotatable bonds is 3. The van der Waals surface area contributed by atoms with Gasteiger partial charge < -0.3 is 10.6 Å². The zero-order chi connectivity index (χ0) is 14.0. The first-order valence-corrected chi connectivity index (χ1v) is 6.92. The van der Waals surface area contributed by atoms with Gasteiger partial charge in [0.2, 0.25) is 5.91 Å². The van der Waals surface area contributed by atoms with Gasteiger partial charge in [0, 0.05) is 19.0 Å². The molecule has 3 nitrogen and oxygen atoms in total. The molecule has 0 radical (unpaired) electrons. The zero-order valence-corrected chi connectivity index (χ0v) is 11.7. The predicted octanol–water partition coefficient (Wildman–Crippen LogP) is 2.88. The molecule has 19 heavy (non-hydrogen) atoms. The highest BCUT2D eigenvalue weighted by Gasteiger charge is 2.34. The minimum Gasteiger partial charge on any atom is -0.334 e. The van der Waals surface area contributed by atoms with Gasteiger partial charge >= 0.3 is 0 Å². The van der Waals surface area contributed by atoms with Gasteiger partial charge in [0.1, 0.15) is 5.82 Å².